The third-order valence-corrected chi connectivity index (χ3v) is 3.70. The van der Waals surface area contributed by atoms with E-state index < -0.39 is 0 Å². The minimum absolute atomic E-state index is 0.145. The second-order valence-corrected chi connectivity index (χ2v) is 4.99. The van der Waals surface area contributed by atoms with E-state index in [0.717, 1.165) is 12.3 Å². The van der Waals surface area contributed by atoms with Crippen molar-refractivity contribution in [1.29, 1.82) is 0 Å². The van der Waals surface area contributed by atoms with Gasteiger partial charge < -0.3 is 5.11 Å². The second-order valence-electron chi connectivity index (χ2n) is 4.99. The summed E-state index contributed by atoms with van der Waals surface area (Å²) in [5.74, 6) is 0.937. The van der Waals surface area contributed by atoms with Crippen LogP contribution in [0.25, 0.3) is 0 Å². The molecule has 1 unspecified atom stereocenters. The number of rotatable bonds is 2. The molecule has 2 aliphatic carbocycles. The zero-order chi connectivity index (χ0) is 9.80. The first-order valence-electron chi connectivity index (χ1n) is 6.22. The first-order valence-corrected chi connectivity index (χ1v) is 6.22. The largest absolute Gasteiger partial charge is 0.389 e. The predicted octanol–water partition coefficient (Wildman–Crippen LogP) is 3.43. The molecular formula is C13H22O. The summed E-state index contributed by atoms with van der Waals surface area (Å²) < 4.78 is 0. The molecule has 0 aromatic heterocycles. The molecule has 0 aromatic rings. The van der Waals surface area contributed by atoms with E-state index in [1.54, 1.807) is 5.57 Å². The third-order valence-electron chi connectivity index (χ3n) is 3.70. The normalized spacial score (nSPS) is 30.1. The highest BCUT2D eigenvalue weighted by molar-refractivity contribution is 5.08. The van der Waals surface area contributed by atoms with Gasteiger partial charge in [-0.2, -0.15) is 0 Å². The molecule has 1 saturated carbocycles. The summed E-state index contributed by atoms with van der Waals surface area (Å²) in [6, 6.07) is 0. The van der Waals surface area contributed by atoms with Crippen LogP contribution in [0.1, 0.15) is 57.8 Å². The quantitative estimate of drug-likeness (QED) is 0.668. The molecule has 0 saturated heterocycles. The molecular weight excluding hydrogens is 172 g/mol. The molecule has 0 bridgehead atoms. The Bertz CT molecular complexity index is 201. The fourth-order valence-corrected chi connectivity index (χ4v) is 2.90. The van der Waals surface area contributed by atoms with Gasteiger partial charge in [-0.25, -0.2) is 0 Å². The topological polar surface area (TPSA) is 20.2 Å². The van der Waals surface area contributed by atoms with Crippen LogP contribution in [0.5, 0.6) is 0 Å². The van der Waals surface area contributed by atoms with Gasteiger partial charge in [0.2, 0.25) is 0 Å². The number of hydrogen-bond acceptors (Lipinski definition) is 1. The van der Waals surface area contributed by atoms with Crippen molar-refractivity contribution in [2.45, 2.75) is 63.9 Å². The van der Waals surface area contributed by atoms with Crippen LogP contribution in [0.4, 0.5) is 0 Å². The van der Waals surface area contributed by atoms with Crippen molar-refractivity contribution >= 4 is 0 Å². The summed E-state index contributed by atoms with van der Waals surface area (Å²) in [7, 11) is 0. The molecule has 0 radical (unpaired) electrons. The van der Waals surface area contributed by atoms with E-state index >= 15 is 0 Å². The van der Waals surface area contributed by atoms with Crippen molar-refractivity contribution in [3.63, 3.8) is 0 Å². The molecule has 1 nitrogen and oxygen atoms in total. The third kappa shape index (κ3) is 2.84. The molecule has 0 heterocycles. The Labute approximate surface area is 87.2 Å². The molecule has 1 heteroatoms. The van der Waals surface area contributed by atoms with Crippen molar-refractivity contribution in [3.8, 4) is 0 Å². The van der Waals surface area contributed by atoms with Crippen LogP contribution < -0.4 is 0 Å². The van der Waals surface area contributed by atoms with Gasteiger partial charge in [-0.15, -0.1) is 0 Å². The Morgan fingerprint density at radius 2 is 1.79 bits per heavy atom. The summed E-state index contributed by atoms with van der Waals surface area (Å²) in [6.07, 6.45) is 13.7. The summed E-state index contributed by atoms with van der Waals surface area (Å²) in [5, 5.41) is 9.66. The standard InChI is InChI=1S/C13H22O/c14-13-8-4-3-7-12(10-13)9-11-5-1-2-6-11/h10-11,13-14H,1-9H2. The van der Waals surface area contributed by atoms with Crippen molar-refractivity contribution < 1.29 is 5.11 Å². The maximum atomic E-state index is 9.66. The van der Waals surface area contributed by atoms with Gasteiger partial charge in [0, 0.05) is 0 Å². The molecule has 1 N–H and O–H groups in total. The van der Waals surface area contributed by atoms with Crippen LogP contribution in [-0.2, 0) is 0 Å². The van der Waals surface area contributed by atoms with Crippen LogP contribution in [0, 0.1) is 5.92 Å². The van der Waals surface area contributed by atoms with Crippen LogP contribution in [0.15, 0.2) is 11.6 Å². The SMILES string of the molecule is OC1C=C(CC2CCCC2)CCCC1. The van der Waals surface area contributed by atoms with Crippen LogP contribution in [0.2, 0.25) is 0 Å². The van der Waals surface area contributed by atoms with E-state index in [9.17, 15) is 5.11 Å². The molecule has 0 amide bonds. The Morgan fingerprint density at radius 3 is 2.57 bits per heavy atom. The number of allylic oxidation sites excluding steroid dienone is 1. The molecule has 2 aliphatic rings. The minimum Gasteiger partial charge on any atom is -0.389 e. The van der Waals surface area contributed by atoms with Gasteiger partial charge in [0.25, 0.3) is 0 Å². The van der Waals surface area contributed by atoms with Gasteiger partial charge in [-0.3, -0.25) is 0 Å². The summed E-state index contributed by atoms with van der Waals surface area (Å²) in [4.78, 5) is 0. The maximum absolute atomic E-state index is 9.66. The van der Waals surface area contributed by atoms with E-state index in [2.05, 4.69) is 6.08 Å². The van der Waals surface area contributed by atoms with E-state index in [-0.39, 0.29) is 6.10 Å². The molecule has 14 heavy (non-hydrogen) atoms. The summed E-state index contributed by atoms with van der Waals surface area (Å²) >= 11 is 0. The smallest absolute Gasteiger partial charge is 0.0723 e. The lowest BCUT2D eigenvalue weighted by Gasteiger charge is -2.11. The lowest BCUT2D eigenvalue weighted by atomic mass is 9.95. The average Bonchev–Trinajstić information content (AvgIpc) is 2.56. The van der Waals surface area contributed by atoms with Crippen molar-refractivity contribution in [1.82, 2.24) is 0 Å². The van der Waals surface area contributed by atoms with Gasteiger partial charge in [0.1, 0.15) is 0 Å². The van der Waals surface area contributed by atoms with Gasteiger partial charge >= 0.3 is 0 Å². The second kappa shape index (κ2) is 4.97. The molecule has 0 aliphatic heterocycles. The van der Waals surface area contributed by atoms with Gasteiger partial charge in [0.15, 0.2) is 0 Å². The first-order chi connectivity index (χ1) is 6.84. The van der Waals surface area contributed by atoms with Crippen molar-refractivity contribution in [3.05, 3.63) is 11.6 Å². The first kappa shape index (κ1) is 10.2. The zero-order valence-electron chi connectivity index (χ0n) is 9.04. The lowest BCUT2D eigenvalue weighted by Crippen LogP contribution is -2.02. The molecule has 0 aromatic carbocycles. The number of aliphatic hydroxyl groups is 1. The Kier molecular flexibility index (Phi) is 3.63. The fourth-order valence-electron chi connectivity index (χ4n) is 2.90. The van der Waals surface area contributed by atoms with Crippen LogP contribution >= 0.6 is 0 Å². The average molecular weight is 194 g/mol. The summed E-state index contributed by atoms with van der Waals surface area (Å²) in [6.45, 7) is 0. The Hall–Kier alpha value is -0.300. The lowest BCUT2D eigenvalue weighted by molar-refractivity contribution is 0.210. The maximum Gasteiger partial charge on any atom is 0.0723 e. The highest BCUT2D eigenvalue weighted by Crippen LogP contribution is 2.32. The highest BCUT2D eigenvalue weighted by Gasteiger charge is 2.18. The Morgan fingerprint density at radius 1 is 1.07 bits per heavy atom. The molecule has 1 atom stereocenters. The Balaban J connectivity index is 1.87. The summed E-state index contributed by atoms with van der Waals surface area (Å²) in [5.41, 5.74) is 1.54. The van der Waals surface area contributed by atoms with Crippen LogP contribution in [-0.4, -0.2) is 11.2 Å². The number of hydrogen-bond donors (Lipinski definition) is 1. The molecule has 2 rings (SSSR count). The monoisotopic (exact) mass is 194 g/mol. The van der Waals surface area contributed by atoms with E-state index in [1.807, 2.05) is 0 Å². The zero-order valence-corrected chi connectivity index (χ0v) is 9.04. The highest BCUT2D eigenvalue weighted by atomic mass is 16.3. The number of aliphatic hydroxyl groups excluding tert-OH is 1. The van der Waals surface area contributed by atoms with E-state index in [4.69, 9.17) is 0 Å². The minimum atomic E-state index is -0.145. The van der Waals surface area contributed by atoms with Gasteiger partial charge in [-0.05, 0) is 31.6 Å². The van der Waals surface area contributed by atoms with Gasteiger partial charge in [0.05, 0.1) is 6.10 Å². The van der Waals surface area contributed by atoms with E-state index in [1.165, 1.54) is 51.4 Å². The van der Waals surface area contributed by atoms with Gasteiger partial charge in [-0.1, -0.05) is 43.8 Å². The van der Waals surface area contributed by atoms with E-state index in [0.29, 0.717) is 0 Å². The predicted molar refractivity (Wildman–Crippen MR) is 59.1 cm³/mol. The molecule has 80 valence electrons. The van der Waals surface area contributed by atoms with Crippen molar-refractivity contribution in [2.75, 3.05) is 0 Å². The molecule has 0 spiro atoms. The molecule has 1 fully saturated rings. The fraction of sp³-hybridized carbons (Fsp3) is 0.846. The van der Waals surface area contributed by atoms with Crippen LogP contribution in [0.3, 0.4) is 0 Å². The van der Waals surface area contributed by atoms with Crippen molar-refractivity contribution in [2.24, 2.45) is 5.92 Å².